The van der Waals surface area contributed by atoms with E-state index >= 15 is 0 Å². The summed E-state index contributed by atoms with van der Waals surface area (Å²) in [5, 5.41) is 2.81. The maximum Gasteiger partial charge on any atom is 0.509 e. The number of ether oxygens (including phenoxy) is 2. The molecule has 2 aromatic rings. The molecule has 0 bridgehead atoms. The molecule has 1 aliphatic heterocycles. The van der Waals surface area contributed by atoms with Crippen molar-refractivity contribution in [2.24, 2.45) is 5.92 Å². The van der Waals surface area contributed by atoms with Crippen molar-refractivity contribution in [3.63, 3.8) is 0 Å². The highest BCUT2D eigenvalue weighted by atomic mass is 16.7. The van der Waals surface area contributed by atoms with Crippen molar-refractivity contribution in [3.8, 4) is 11.1 Å². The van der Waals surface area contributed by atoms with Crippen molar-refractivity contribution >= 4 is 41.1 Å². The van der Waals surface area contributed by atoms with Crippen molar-refractivity contribution in [1.29, 1.82) is 0 Å². The quantitative estimate of drug-likeness (QED) is 0.336. The van der Waals surface area contributed by atoms with E-state index in [1.807, 2.05) is 30.3 Å². The Kier molecular flexibility index (Phi) is 6.79. The third-order valence-electron chi connectivity index (χ3n) is 7.15. The lowest BCUT2D eigenvalue weighted by molar-refractivity contribution is -0.139. The number of nitrogens with zero attached hydrogens (tertiary/aromatic N) is 1. The Morgan fingerprint density at radius 1 is 0.974 bits per heavy atom. The van der Waals surface area contributed by atoms with Crippen LogP contribution >= 0.6 is 0 Å². The maximum atomic E-state index is 12.6. The Morgan fingerprint density at radius 3 is 2.39 bits per heavy atom. The average molecular weight is 519 g/mol. The van der Waals surface area contributed by atoms with Gasteiger partial charge in [-0.05, 0) is 34.4 Å². The zero-order valence-corrected chi connectivity index (χ0v) is 20.7. The van der Waals surface area contributed by atoms with Gasteiger partial charge in [-0.1, -0.05) is 37.3 Å². The standard InChI is InChI=1S/C28H26N2O8/c1-15-12-25(34)30(27(15)35)11-10-24(33)29-16-6-7-19-17-4-2-3-5-18(17)21(20(19)13-16)14-37-28(36)38-26-22(31)8-9-23(26)32/h2-7,13,15,21,26H,8-12,14H2,1H3,(H,29,33). The molecule has 38 heavy (non-hydrogen) atoms. The third-order valence-corrected chi connectivity index (χ3v) is 7.15. The van der Waals surface area contributed by atoms with Crippen molar-refractivity contribution in [1.82, 2.24) is 4.90 Å². The highest BCUT2D eigenvalue weighted by Crippen LogP contribution is 2.45. The van der Waals surface area contributed by atoms with Crippen LogP contribution in [0.15, 0.2) is 42.5 Å². The Bertz CT molecular complexity index is 1350. The molecule has 0 aromatic heterocycles. The Morgan fingerprint density at radius 2 is 1.68 bits per heavy atom. The number of fused-ring (bicyclic) bond motifs is 3. The number of benzene rings is 2. The van der Waals surface area contributed by atoms with Gasteiger partial charge in [0.2, 0.25) is 23.8 Å². The lowest BCUT2D eigenvalue weighted by Gasteiger charge is -2.16. The molecule has 2 fully saturated rings. The predicted molar refractivity (Wildman–Crippen MR) is 133 cm³/mol. The Balaban J connectivity index is 1.26. The molecule has 10 heteroatoms. The first-order valence-corrected chi connectivity index (χ1v) is 12.5. The Labute approximate surface area is 218 Å². The lowest BCUT2D eigenvalue weighted by Crippen LogP contribution is -2.33. The van der Waals surface area contributed by atoms with Gasteiger partial charge in [-0.2, -0.15) is 0 Å². The van der Waals surface area contributed by atoms with Crippen LogP contribution in [0.1, 0.15) is 49.7 Å². The second-order valence-electron chi connectivity index (χ2n) is 9.72. The molecule has 1 heterocycles. The number of amides is 3. The molecule has 3 amide bonds. The van der Waals surface area contributed by atoms with Gasteiger partial charge in [0.15, 0.2) is 11.6 Å². The molecule has 2 atom stereocenters. The summed E-state index contributed by atoms with van der Waals surface area (Å²) in [5.74, 6) is -2.47. The second kappa shape index (κ2) is 10.2. The summed E-state index contributed by atoms with van der Waals surface area (Å²) in [6.07, 6.45) is -2.25. The third kappa shape index (κ3) is 4.81. The predicted octanol–water partition coefficient (Wildman–Crippen LogP) is 2.98. The topological polar surface area (TPSA) is 136 Å². The van der Waals surface area contributed by atoms with Crippen LogP contribution in [0.4, 0.5) is 10.5 Å². The zero-order chi connectivity index (χ0) is 27.0. The first-order chi connectivity index (χ1) is 18.2. The highest BCUT2D eigenvalue weighted by Gasteiger charge is 2.38. The van der Waals surface area contributed by atoms with Gasteiger partial charge in [0, 0.05) is 49.8 Å². The molecule has 1 saturated carbocycles. The minimum Gasteiger partial charge on any atom is -0.433 e. The van der Waals surface area contributed by atoms with Gasteiger partial charge < -0.3 is 14.8 Å². The van der Waals surface area contributed by atoms with Gasteiger partial charge in [-0.25, -0.2) is 4.79 Å². The van der Waals surface area contributed by atoms with Crippen LogP contribution in [0.2, 0.25) is 0 Å². The van der Waals surface area contributed by atoms with Gasteiger partial charge in [-0.15, -0.1) is 0 Å². The molecule has 1 N–H and O–H groups in total. The molecule has 10 nitrogen and oxygen atoms in total. The monoisotopic (exact) mass is 518 g/mol. The molecular formula is C28H26N2O8. The molecular weight excluding hydrogens is 492 g/mol. The molecule has 2 unspecified atom stereocenters. The van der Waals surface area contributed by atoms with E-state index in [-0.39, 0.29) is 68.4 Å². The van der Waals surface area contributed by atoms with Crippen LogP contribution in [0.5, 0.6) is 0 Å². The molecule has 3 aliphatic rings. The fourth-order valence-electron chi connectivity index (χ4n) is 5.19. The molecule has 0 radical (unpaired) electrons. The number of nitrogens with one attached hydrogen (secondary N) is 1. The number of rotatable bonds is 7. The van der Waals surface area contributed by atoms with E-state index in [1.54, 1.807) is 19.1 Å². The first kappa shape index (κ1) is 25.3. The van der Waals surface area contributed by atoms with Crippen molar-refractivity contribution in [3.05, 3.63) is 53.6 Å². The molecule has 2 aliphatic carbocycles. The largest absolute Gasteiger partial charge is 0.509 e. The molecule has 1 saturated heterocycles. The number of likely N-dealkylation sites (tertiary alicyclic amines) is 1. The first-order valence-electron chi connectivity index (χ1n) is 12.5. The van der Waals surface area contributed by atoms with Crippen LogP contribution in [0.3, 0.4) is 0 Å². The SMILES string of the molecule is CC1CC(=O)N(CCC(=O)Nc2ccc3c(c2)C(COC(=O)OC2C(=O)CCC2=O)c2ccccc2-3)C1=O. The number of carbonyl (C=O) groups is 6. The molecule has 2 aromatic carbocycles. The number of Topliss-reactive ketones (excluding diaryl/α,β-unsaturated/α-hetero) is 2. The maximum absolute atomic E-state index is 12.6. The fourth-order valence-corrected chi connectivity index (χ4v) is 5.19. The van der Waals surface area contributed by atoms with Gasteiger partial charge >= 0.3 is 6.16 Å². The molecule has 196 valence electrons. The lowest BCUT2D eigenvalue weighted by atomic mass is 9.97. The van der Waals surface area contributed by atoms with Crippen molar-refractivity contribution < 1.29 is 38.2 Å². The van der Waals surface area contributed by atoms with Crippen LogP contribution in [0, 0.1) is 5.92 Å². The summed E-state index contributed by atoms with van der Waals surface area (Å²) in [6.45, 7) is 1.62. The van der Waals surface area contributed by atoms with E-state index in [9.17, 15) is 28.8 Å². The van der Waals surface area contributed by atoms with Crippen LogP contribution < -0.4 is 5.32 Å². The minimum atomic E-state index is -1.40. The number of imide groups is 1. The summed E-state index contributed by atoms with van der Waals surface area (Å²) in [7, 11) is 0. The number of carbonyl (C=O) groups excluding carboxylic acids is 6. The Hall–Kier alpha value is -4.34. The number of anilines is 1. The fraction of sp³-hybridized carbons (Fsp3) is 0.357. The average Bonchev–Trinajstić information content (AvgIpc) is 3.47. The van der Waals surface area contributed by atoms with Crippen molar-refractivity contribution in [2.45, 2.75) is 44.6 Å². The van der Waals surface area contributed by atoms with Gasteiger partial charge in [0.05, 0.1) is 0 Å². The van der Waals surface area contributed by atoms with Gasteiger partial charge in [0.25, 0.3) is 0 Å². The number of hydrogen-bond acceptors (Lipinski definition) is 8. The van der Waals surface area contributed by atoms with E-state index in [2.05, 4.69) is 5.32 Å². The second-order valence-corrected chi connectivity index (χ2v) is 9.72. The van der Waals surface area contributed by atoms with E-state index in [0.29, 0.717) is 5.69 Å². The van der Waals surface area contributed by atoms with Crippen LogP contribution in [0.25, 0.3) is 11.1 Å². The van der Waals surface area contributed by atoms with E-state index in [0.717, 1.165) is 27.2 Å². The van der Waals surface area contributed by atoms with E-state index in [4.69, 9.17) is 9.47 Å². The summed E-state index contributed by atoms with van der Waals surface area (Å²) in [5.41, 5.74) is 4.15. The summed E-state index contributed by atoms with van der Waals surface area (Å²) in [6, 6.07) is 13.1. The molecule has 0 spiro atoms. The smallest absolute Gasteiger partial charge is 0.433 e. The molecule has 5 rings (SSSR count). The van der Waals surface area contributed by atoms with Crippen LogP contribution in [-0.4, -0.2) is 59.6 Å². The van der Waals surface area contributed by atoms with Gasteiger partial charge in [-0.3, -0.25) is 28.9 Å². The van der Waals surface area contributed by atoms with Crippen molar-refractivity contribution in [2.75, 3.05) is 18.5 Å². The highest BCUT2D eigenvalue weighted by molar-refractivity contribution is 6.12. The number of ketones is 2. The zero-order valence-electron chi connectivity index (χ0n) is 20.7. The normalized spacial score (nSPS) is 20.5. The van der Waals surface area contributed by atoms with E-state index in [1.165, 1.54) is 0 Å². The van der Waals surface area contributed by atoms with Crippen LogP contribution in [-0.2, 0) is 33.4 Å². The summed E-state index contributed by atoms with van der Waals surface area (Å²) in [4.78, 5) is 73.6. The van der Waals surface area contributed by atoms with Gasteiger partial charge in [0.1, 0.15) is 6.61 Å². The minimum absolute atomic E-state index is 0.0226. The van der Waals surface area contributed by atoms with E-state index < -0.39 is 23.8 Å². The summed E-state index contributed by atoms with van der Waals surface area (Å²) < 4.78 is 10.3. The summed E-state index contributed by atoms with van der Waals surface area (Å²) >= 11 is 0. The number of hydrogen-bond donors (Lipinski definition) is 1.